The molecule has 0 unspecified atom stereocenters. The molecule has 1 saturated heterocycles. The molecule has 0 saturated carbocycles. The SMILES string of the molecule is CN=C(NCc1ccc(C(=O)NC)cc1)N1CCN(Cc2ccccc2)CC1.I. The molecule has 2 N–H and O–H groups in total. The Morgan fingerprint density at radius 3 is 2.21 bits per heavy atom. The van der Waals surface area contributed by atoms with Crippen LogP contribution in [0.15, 0.2) is 59.6 Å². The van der Waals surface area contributed by atoms with E-state index < -0.39 is 0 Å². The first-order valence-corrected chi connectivity index (χ1v) is 9.72. The highest BCUT2D eigenvalue weighted by atomic mass is 127. The fourth-order valence-corrected chi connectivity index (χ4v) is 3.39. The summed E-state index contributed by atoms with van der Waals surface area (Å²) in [5, 5.41) is 6.08. The lowest BCUT2D eigenvalue weighted by Crippen LogP contribution is -2.52. The molecule has 7 heteroatoms. The lowest BCUT2D eigenvalue weighted by molar-refractivity contribution is 0.0963. The average molecular weight is 507 g/mol. The molecule has 1 aliphatic heterocycles. The van der Waals surface area contributed by atoms with E-state index in [2.05, 4.69) is 55.8 Å². The van der Waals surface area contributed by atoms with Crippen LogP contribution in [-0.2, 0) is 13.1 Å². The van der Waals surface area contributed by atoms with Gasteiger partial charge in [0.15, 0.2) is 5.96 Å². The van der Waals surface area contributed by atoms with Crippen molar-refractivity contribution in [1.29, 1.82) is 0 Å². The number of nitrogens with zero attached hydrogens (tertiary/aromatic N) is 3. The Hall–Kier alpha value is -2.13. The number of hydrogen-bond acceptors (Lipinski definition) is 3. The number of hydrogen-bond donors (Lipinski definition) is 2. The number of nitrogens with one attached hydrogen (secondary N) is 2. The number of halogens is 1. The lowest BCUT2D eigenvalue weighted by Gasteiger charge is -2.36. The number of benzene rings is 2. The number of rotatable bonds is 5. The third-order valence-electron chi connectivity index (χ3n) is 5.03. The lowest BCUT2D eigenvalue weighted by atomic mass is 10.1. The summed E-state index contributed by atoms with van der Waals surface area (Å²) in [7, 11) is 3.47. The minimum Gasteiger partial charge on any atom is -0.355 e. The Labute approximate surface area is 190 Å². The Morgan fingerprint density at radius 1 is 0.966 bits per heavy atom. The van der Waals surface area contributed by atoms with Crippen LogP contribution < -0.4 is 10.6 Å². The molecule has 0 aliphatic carbocycles. The van der Waals surface area contributed by atoms with E-state index in [4.69, 9.17) is 0 Å². The van der Waals surface area contributed by atoms with Gasteiger partial charge >= 0.3 is 0 Å². The van der Waals surface area contributed by atoms with Crippen LogP contribution in [0.4, 0.5) is 0 Å². The normalized spacial score (nSPS) is 14.8. The first kappa shape index (κ1) is 23.2. The Kier molecular flexibility index (Phi) is 9.40. The minimum atomic E-state index is -0.0660. The van der Waals surface area contributed by atoms with Gasteiger partial charge in [0.1, 0.15) is 0 Å². The summed E-state index contributed by atoms with van der Waals surface area (Å²) in [4.78, 5) is 20.9. The number of aliphatic imine (C=N–C) groups is 1. The first-order valence-electron chi connectivity index (χ1n) is 9.72. The van der Waals surface area contributed by atoms with Crippen molar-refractivity contribution in [3.05, 3.63) is 71.3 Å². The van der Waals surface area contributed by atoms with E-state index in [1.165, 1.54) is 5.56 Å². The van der Waals surface area contributed by atoms with Gasteiger partial charge in [-0.1, -0.05) is 42.5 Å². The predicted octanol–water partition coefficient (Wildman–Crippen LogP) is 2.56. The molecule has 1 amide bonds. The molecule has 2 aromatic rings. The zero-order valence-corrected chi connectivity index (χ0v) is 19.4. The average Bonchev–Trinajstić information content (AvgIpc) is 2.76. The molecule has 0 bridgehead atoms. The third-order valence-corrected chi connectivity index (χ3v) is 5.03. The van der Waals surface area contributed by atoms with Crippen molar-refractivity contribution in [3.63, 3.8) is 0 Å². The number of guanidine groups is 1. The second-order valence-electron chi connectivity index (χ2n) is 6.93. The maximum atomic E-state index is 11.6. The van der Waals surface area contributed by atoms with Crippen molar-refractivity contribution in [3.8, 4) is 0 Å². The van der Waals surface area contributed by atoms with Crippen LogP contribution in [0.25, 0.3) is 0 Å². The summed E-state index contributed by atoms with van der Waals surface area (Å²) < 4.78 is 0. The first-order chi connectivity index (χ1) is 13.7. The Bertz CT molecular complexity index is 787. The fourth-order valence-electron chi connectivity index (χ4n) is 3.39. The van der Waals surface area contributed by atoms with Crippen molar-refractivity contribution in [1.82, 2.24) is 20.4 Å². The molecule has 2 aromatic carbocycles. The highest BCUT2D eigenvalue weighted by molar-refractivity contribution is 14.0. The number of piperazine rings is 1. The smallest absolute Gasteiger partial charge is 0.251 e. The molecular formula is C22H30IN5O. The molecule has 1 aliphatic rings. The van der Waals surface area contributed by atoms with Gasteiger partial charge in [0.05, 0.1) is 0 Å². The van der Waals surface area contributed by atoms with Crippen LogP contribution in [0.2, 0.25) is 0 Å². The summed E-state index contributed by atoms with van der Waals surface area (Å²) in [6.07, 6.45) is 0. The predicted molar refractivity (Wildman–Crippen MR) is 129 cm³/mol. The van der Waals surface area contributed by atoms with Gasteiger partial charge in [0, 0.05) is 58.9 Å². The van der Waals surface area contributed by atoms with E-state index in [0.717, 1.165) is 44.2 Å². The molecule has 0 spiro atoms. The van der Waals surface area contributed by atoms with Crippen molar-refractivity contribution in [2.75, 3.05) is 40.3 Å². The number of amides is 1. The highest BCUT2D eigenvalue weighted by Crippen LogP contribution is 2.09. The van der Waals surface area contributed by atoms with Gasteiger partial charge in [-0.05, 0) is 23.3 Å². The molecule has 1 heterocycles. The fraction of sp³-hybridized carbons (Fsp3) is 0.364. The zero-order chi connectivity index (χ0) is 19.8. The van der Waals surface area contributed by atoms with Gasteiger partial charge in [0.2, 0.25) is 0 Å². The van der Waals surface area contributed by atoms with Gasteiger partial charge in [0.25, 0.3) is 5.91 Å². The van der Waals surface area contributed by atoms with Crippen LogP contribution in [0.3, 0.4) is 0 Å². The van der Waals surface area contributed by atoms with E-state index in [9.17, 15) is 4.79 Å². The molecule has 0 atom stereocenters. The van der Waals surface area contributed by atoms with Crippen LogP contribution in [0, 0.1) is 0 Å². The number of carbonyl (C=O) groups is 1. The quantitative estimate of drug-likeness (QED) is 0.371. The molecule has 29 heavy (non-hydrogen) atoms. The van der Waals surface area contributed by atoms with Crippen LogP contribution in [-0.4, -0.2) is 61.9 Å². The van der Waals surface area contributed by atoms with E-state index in [-0.39, 0.29) is 29.9 Å². The van der Waals surface area contributed by atoms with Crippen molar-refractivity contribution >= 4 is 35.8 Å². The van der Waals surface area contributed by atoms with Crippen LogP contribution in [0.5, 0.6) is 0 Å². The maximum absolute atomic E-state index is 11.6. The van der Waals surface area contributed by atoms with Gasteiger partial charge in [-0.2, -0.15) is 0 Å². The molecule has 156 valence electrons. The zero-order valence-electron chi connectivity index (χ0n) is 17.1. The summed E-state index contributed by atoms with van der Waals surface area (Å²) in [5.41, 5.74) is 3.15. The van der Waals surface area contributed by atoms with Crippen molar-refractivity contribution in [2.24, 2.45) is 4.99 Å². The summed E-state index contributed by atoms with van der Waals surface area (Å²) in [6, 6.07) is 18.3. The summed E-state index contributed by atoms with van der Waals surface area (Å²) in [6.45, 7) is 5.65. The van der Waals surface area contributed by atoms with Gasteiger partial charge < -0.3 is 15.5 Å². The molecule has 0 radical (unpaired) electrons. The highest BCUT2D eigenvalue weighted by Gasteiger charge is 2.19. The van der Waals surface area contributed by atoms with Gasteiger partial charge in [-0.3, -0.25) is 14.7 Å². The molecule has 3 rings (SSSR count). The van der Waals surface area contributed by atoms with E-state index in [1.54, 1.807) is 7.05 Å². The summed E-state index contributed by atoms with van der Waals surface area (Å²) in [5.74, 6) is 0.860. The molecule has 6 nitrogen and oxygen atoms in total. The largest absolute Gasteiger partial charge is 0.355 e. The minimum absolute atomic E-state index is 0. The molecule has 0 aromatic heterocycles. The Morgan fingerprint density at radius 2 is 1.62 bits per heavy atom. The Balaban J connectivity index is 0.00000300. The van der Waals surface area contributed by atoms with E-state index >= 15 is 0 Å². The van der Waals surface area contributed by atoms with E-state index in [0.29, 0.717) is 12.1 Å². The maximum Gasteiger partial charge on any atom is 0.251 e. The summed E-state index contributed by atoms with van der Waals surface area (Å²) >= 11 is 0. The van der Waals surface area contributed by atoms with Crippen LogP contribution in [0.1, 0.15) is 21.5 Å². The molecular weight excluding hydrogens is 477 g/mol. The van der Waals surface area contributed by atoms with Gasteiger partial charge in [-0.25, -0.2) is 0 Å². The van der Waals surface area contributed by atoms with E-state index in [1.807, 2.05) is 31.3 Å². The monoisotopic (exact) mass is 507 g/mol. The third kappa shape index (κ3) is 6.71. The second kappa shape index (κ2) is 11.8. The topological polar surface area (TPSA) is 60.0 Å². The standard InChI is InChI=1S/C22H29N5O.HI/c1-23-21(28)20-10-8-18(9-11-20)16-25-22(24-2)27-14-12-26(13-15-27)17-19-6-4-3-5-7-19;/h3-11H,12-17H2,1-2H3,(H,23,28)(H,24,25);1H. The van der Waals surface area contributed by atoms with Gasteiger partial charge in [-0.15, -0.1) is 24.0 Å². The van der Waals surface area contributed by atoms with Crippen LogP contribution >= 0.6 is 24.0 Å². The molecule has 1 fully saturated rings. The van der Waals surface area contributed by atoms with Crippen molar-refractivity contribution < 1.29 is 4.79 Å². The number of carbonyl (C=O) groups excluding carboxylic acids is 1. The second-order valence-corrected chi connectivity index (χ2v) is 6.93. The van der Waals surface area contributed by atoms with Crippen molar-refractivity contribution in [2.45, 2.75) is 13.1 Å².